The molecule has 4 aromatic rings. The van der Waals surface area contributed by atoms with Crippen LogP contribution in [0.15, 0.2) is 65.1 Å². The van der Waals surface area contributed by atoms with Crippen molar-refractivity contribution in [3.63, 3.8) is 0 Å². The number of aryl methyl sites for hydroxylation is 1. The Morgan fingerprint density at radius 1 is 1.04 bits per heavy atom. The van der Waals surface area contributed by atoms with Gasteiger partial charge in [0.25, 0.3) is 5.89 Å². The standard InChI is InChI=1S/C21H17N3O3/c1-13-12-17(16-10-6-7-11-18(16)22-13)21(25)26-14(2)19-23-24-20(27-19)15-8-4-3-5-9-15/h3-12,14H,1-2H3/t14-/m1/s1. The number of esters is 1. The number of para-hydroxylation sites is 1. The molecule has 27 heavy (non-hydrogen) atoms. The molecule has 6 nitrogen and oxygen atoms in total. The third kappa shape index (κ3) is 3.42. The smallest absolute Gasteiger partial charge is 0.339 e. The number of hydrogen-bond acceptors (Lipinski definition) is 6. The van der Waals surface area contributed by atoms with Gasteiger partial charge < -0.3 is 9.15 Å². The minimum Gasteiger partial charge on any atom is -0.449 e. The van der Waals surface area contributed by atoms with E-state index in [1.54, 1.807) is 13.0 Å². The lowest BCUT2D eigenvalue weighted by molar-refractivity contribution is 0.0282. The molecule has 0 aliphatic heterocycles. The summed E-state index contributed by atoms with van der Waals surface area (Å²) in [7, 11) is 0. The number of hydrogen-bond donors (Lipinski definition) is 0. The average molecular weight is 359 g/mol. The molecule has 4 rings (SSSR count). The van der Waals surface area contributed by atoms with Crippen LogP contribution in [0, 0.1) is 6.92 Å². The molecule has 0 aliphatic rings. The van der Waals surface area contributed by atoms with Crippen molar-refractivity contribution in [1.29, 1.82) is 0 Å². The maximum Gasteiger partial charge on any atom is 0.339 e. The maximum atomic E-state index is 12.7. The van der Waals surface area contributed by atoms with E-state index in [2.05, 4.69) is 15.2 Å². The van der Waals surface area contributed by atoms with Gasteiger partial charge in [0.05, 0.1) is 11.1 Å². The molecule has 0 fully saturated rings. The Morgan fingerprint density at radius 3 is 2.59 bits per heavy atom. The quantitative estimate of drug-likeness (QED) is 0.499. The second-order valence-corrected chi connectivity index (χ2v) is 6.19. The van der Waals surface area contributed by atoms with E-state index in [4.69, 9.17) is 9.15 Å². The second-order valence-electron chi connectivity index (χ2n) is 6.19. The molecule has 0 unspecified atom stereocenters. The van der Waals surface area contributed by atoms with Crippen molar-refractivity contribution in [2.24, 2.45) is 0 Å². The Balaban J connectivity index is 1.58. The molecule has 0 spiro atoms. The molecule has 0 N–H and O–H groups in total. The fourth-order valence-corrected chi connectivity index (χ4v) is 2.85. The summed E-state index contributed by atoms with van der Waals surface area (Å²) in [5.74, 6) is 0.180. The summed E-state index contributed by atoms with van der Waals surface area (Å²) in [6.07, 6.45) is -0.672. The normalized spacial score (nSPS) is 12.1. The van der Waals surface area contributed by atoms with E-state index < -0.39 is 12.1 Å². The van der Waals surface area contributed by atoms with Crippen LogP contribution in [0.4, 0.5) is 0 Å². The summed E-state index contributed by atoms with van der Waals surface area (Å²) in [4.78, 5) is 17.2. The molecular weight excluding hydrogens is 342 g/mol. The van der Waals surface area contributed by atoms with Crippen LogP contribution >= 0.6 is 0 Å². The van der Waals surface area contributed by atoms with Gasteiger partial charge in [-0.2, -0.15) is 0 Å². The maximum absolute atomic E-state index is 12.7. The summed E-state index contributed by atoms with van der Waals surface area (Å²) in [6, 6.07) is 18.6. The van der Waals surface area contributed by atoms with Gasteiger partial charge in [-0.1, -0.05) is 36.4 Å². The summed E-state index contributed by atoms with van der Waals surface area (Å²) in [6.45, 7) is 3.55. The first-order valence-electron chi connectivity index (χ1n) is 8.58. The molecular formula is C21H17N3O3. The Bertz CT molecular complexity index is 1110. The Kier molecular flexibility index (Phi) is 4.38. The number of ether oxygens (including phenoxy) is 1. The van der Waals surface area contributed by atoms with E-state index in [1.165, 1.54) is 0 Å². The largest absolute Gasteiger partial charge is 0.449 e. The highest BCUT2D eigenvalue weighted by molar-refractivity contribution is 6.03. The molecule has 2 aromatic heterocycles. The molecule has 0 radical (unpaired) electrons. The van der Waals surface area contributed by atoms with Gasteiger partial charge in [-0.25, -0.2) is 4.79 Å². The molecule has 0 saturated carbocycles. The molecule has 2 aromatic carbocycles. The fourth-order valence-electron chi connectivity index (χ4n) is 2.85. The highest BCUT2D eigenvalue weighted by atomic mass is 16.6. The summed E-state index contributed by atoms with van der Waals surface area (Å²) >= 11 is 0. The van der Waals surface area contributed by atoms with E-state index in [-0.39, 0.29) is 5.89 Å². The van der Waals surface area contributed by atoms with Crippen molar-refractivity contribution in [1.82, 2.24) is 15.2 Å². The van der Waals surface area contributed by atoms with E-state index in [0.717, 1.165) is 22.2 Å². The topological polar surface area (TPSA) is 78.1 Å². The fraction of sp³-hybridized carbons (Fsp3) is 0.143. The Labute approximate surface area is 155 Å². The van der Waals surface area contributed by atoms with Crippen molar-refractivity contribution in [3.8, 4) is 11.5 Å². The van der Waals surface area contributed by atoms with Gasteiger partial charge in [-0.3, -0.25) is 4.98 Å². The minimum absolute atomic E-state index is 0.247. The van der Waals surface area contributed by atoms with Crippen LogP contribution in [0.1, 0.15) is 35.0 Å². The number of aromatic nitrogens is 3. The summed E-state index contributed by atoms with van der Waals surface area (Å²) in [5.41, 5.74) is 2.77. The average Bonchev–Trinajstić information content (AvgIpc) is 3.18. The van der Waals surface area contributed by atoms with Gasteiger partial charge >= 0.3 is 5.97 Å². The number of carbonyl (C=O) groups is 1. The molecule has 6 heteroatoms. The van der Waals surface area contributed by atoms with Crippen LogP contribution in [0.25, 0.3) is 22.4 Å². The zero-order valence-corrected chi connectivity index (χ0v) is 14.9. The first kappa shape index (κ1) is 16.9. The summed E-state index contributed by atoms with van der Waals surface area (Å²) < 4.78 is 11.2. The third-order valence-electron chi connectivity index (χ3n) is 4.16. The predicted octanol–water partition coefficient (Wildman–Crippen LogP) is 4.51. The zero-order valence-electron chi connectivity index (χ0n) is 14.9. The van der Waals surface area contributed by atoms with Crippen LogP contribution in [0.5, 0.6) is 0 Å². The lowest BCUT2D eigenvalue weighted by Gasteiger charge is -2.11. The van der Waals surface area contributed by atoms with Crippen LogP contribution in [-0.4, -0.2) is 21.2 Å². The molecule has 0 bridgehead atoms. The van der Waals surface area contributed by atoms with Gasteiger partial charge in [0.15, 0.2) is 6.10 Å². The van der Waals surface area contributed by atoms with Crippen LogP contribution in [0.3, 0.4) is 0 Å². The number of carbonyl (C=O) groups excluding carboxylic acids is 1. The second kappa shape index (κ2) is 6.99. The summed E-state index contributed by atoms with van der Waals surface area (Å²) in [5, 5.41) is 8.79. The van der Waals surface area contributed by atoms with E-state index in [1.807, 2.05) is 61.5 Å². The number of fused-ring (bicyclic) bond motifs is 1. The minimum atomic E-state index is -0.672. The lowest BCUT2D eigenvalue weighted by atomic mass is 10.1. The zero-order chi connectivity index (χ0) is 18.8. The lowest BCUT2D eigenvalue weighted by Crippen LogP contribution is -2.11. The molecule has 134 valence electrons. The Morgan fingerprint density at radius 2 is 1.78 bits per heavy atom. The highest BCUT2D eigenvalue weighted by Crippen LogP contribution is 2.25. The van der Waals surface area contributed by atoms with Gasteiger partial charge in [0, 0.05) is 16.6 Å². The van der Waals surface area contributed by atoms with Crippen molar-refractivity contribution >= 4 is 16.9 Å². The van der Waals surface area contributed by atoms with Crippen LogP contribution in [0.2, 0.25) is 0 Å². The van der Waals surface area contributed by atoms with E-state index in [9.17, 15) is 4.79 Å². The van der Waals surface area contributed by atoms with Gasteiger partial charge in [0.1, 0.15) is 0 Å². The number of nitrogens with zero attached hydrogens (tertiary/aromatic N) is 3. The number of rotatable bonds is 4. The number of pyridine rings is 1. The molecule has 2 heterocycles. The van der Waals surface area contributed by atoms with Crippen LogP contribution in [-0.2, 0) is 4.74 Å². The number of benzene rings is 2. The first-order valence-corrected chi connectivity index (χ1v) is 8.58. The monoisotopic (exact) mass is 359 g/mol. The van der Waals surface area contributed by atoms with Crippen molar-refractivity contribution in [2.75, 3.05) is 0 Å². The molecule has 0 aliphatic carbocycles. The molecule has 0 saturated heterocycles. The highest BCUT2D eigenvalue weighted by Gasteiger charge is 2.21. The van der Waals surface area contributed by atoms with Gasteiger partial charge in [-0.05, 0) is 38.1 Å². The van der Waals surface area contributed by atoms with Crippen molar-refractivity contribution < 1.29 is 13.9 Å². The van der Waals surface area contributed by atoms with Crippen LogP contribution < -0.4 is 0 Å². The van der Waals surface area contributed by atoms with Crippen molar-refractivity contribution in [3.05, 3.63) is 77.8 Å². The molecule has 1 atom stereocenters. The third-order valence-corrected chi connectivity index (χ3v) is 4.16. The molecule has 0 amide bonds. The van der Waals surface area contributed by atoms with Gasteiger partial charge in [0.2, 0.25) is 5.89 Å². The van der Waals surface area contributed by atoms with Gasteiger partial charge in [-0.15, -0.1) is 10.2 Å². The van der Waals surface area contributed by atoms with E-state index >= 15 is 0 Å². The Hall–Kier alpha value is -3.54. The van der Waals surface area contributed by atoms with Crippen molar-refractivity contribution in [2.45, 2.75) is 20.0 Å². The first-order chi connectivity index (χ1) is 13.1. The predicted molar refractivity (Wildman–Crippen MR) is 100 cm³/mol. The van der Waals surface area contributed by atoms with E-state index in [0.29, 0.717) is 11.5 Å². The SMILES string of the molecule is Cc1cc(C(=O)O[C@H](C)c2nnc(-c3ccccc3)o2)c2ccccc2n1.